The first-order valence-corrected chi connectivity index (χ1v) is 4.88. The van der Waals surface area contributed by atoms with Crippen LogP contribution in [0.25, 0.3) is 0 Å². The zero-order chi connectivity index (χ0) is 12.0. The topological polar surface area (TPSA) is 78.8 Å². The van der Waals surface area contributed by atoms with Gasteiger partial charge in [0.05, 0.1) is 25.4 Å². The first-order chi connectivity index (χ1) is 7.67. The van der Waals surface area contributed by atoms with E-state index in [-0.39, 0.29) is 13.2 Å². The van der Waals surface area contributed by atoms with Crippen molar-refractivity contribution in [2.75, 3.05) is 25.6 Å². The Labute approximate surface area is 93.7 Å². The van der Waals surface area contributed by atoms with Gasteiger partial charge in [-0.25, -0.2) is 4.79 Å². The Kier molecular flexibility index (Phi) is 4.75. The molecule has 1 unspecified atom stereocenters. The monoisotopic (exact) mass is 225 g/mol. The van der Waals surface area contributed by atoms with Crippen molar-refractivity contribution in [2.24, 2.45) is 0 Å². The van der Waals surface area contributed by atoms with Crippen LogP contribution in [0.4, 0.5) is 5.69 Å². The van der Waals surface area contributed by atoms with Gasteiger partial charge in [-0.15, -0.1) is 0 Å². The molecular formula is C11H15NO4. The van der Waals surface area contributed by atoms with Crippen molar-refractivity contribution in [2.45, 2.75) is 6.10 Å². The maximum absolute atomic E-state index is 11.2. The molecule has 0 radical (unpaired) electrons. The van der Waals surface area contributed by atoms with Crippen LogP contribution in [0.1, 0.15) is 10.4 Å². The first kappa shape index (κ1) is 12.5. The van der Waals surface area contributed by atoms with Gasteiger partial charge in [0.2, 0.25) is 0 Å². The average molecular weight is 225 g/mol. The average Bonchev–Trinajstić information content (AvgIpc) is 2.35. The van der Waals surface area contributed by atoms with E-state index >= 15 is 0 Å². The van der Waals surface area contributed by atoms with E-state index in [0.29, 0.717) is 11.3 Å². The van der Waals surface area contributed by atoms with Crippen LogP contribution in [0, 0.1) is 0 Å². The number of aliphatic hydroxyl groups excluding tert-OH is 2. The molecule has 0 saturated heterocycles. The third-order valence-corrected chi connectivity index (χ3v) is 2.04. The van der Waals surface area contributed by atoms with Gasteiger partial charge in [-0.1, -0.05) is 6.07 Å². The molecule has 0 saturated carbocycles. The third kappa shape index (κ3) is 3.52. The van der Waals surface area contributed by atoms with Gasteiger partial charge in [0.25, 0.3) is 0 Å². The number of hydrogen-bond donors (Lipinski definition) is 3. The van der Waals surface area contributed by atoms with Gasteiger partial charge in [-0.3, -0.25) is 0 Å². The van der Waals surface area contributed by atoms with E-state index in [0.717, 1.165) is 0 Å². The summed E-state index contributed by atoms with van der Waals surface area (Å²) in [6.45, 7) is -0.0786. The molecule has 0 heterocycles. The summed E-state index contributed by atoms with van der Waals surface area (Å²) in [7, 11) is 1.32. The molecule has 5 nitrogen and oxygen atoms in total. The molecule has 1 atom stereocenters. The Hall–Kier alpha value is -1.59. The van der Waals surface area contributed by atoms with Crippen molar-refractivity contribution in [3.63, 3.8) is 0 Å². The van der Waals surface area contributed by atoms with Crippen molar-refractivity contribution >= 4 is 11.7 Å². The van der Waals surface area contributed by atoms with Gasteiger partial charge < -0.3 is 20.3 Å². The fourth-order valence-electron chi connectivity index (χ4n) is 1.17. The van der Waals surface area contributed by atoms with Crippen LogP contribution in [0.2, 0.25) is 0 Å². The van der Waals surface area contributed by atoms with E-state index in [2.05, 4.69) is 10.1 Å². The van der Waals surface area contributed by atoms with Crippen LogP contribution in [-0.2, 0) is 4.74 Å². The molecule has 0 spiro atoms. The van der Waals surface area contributed by atoms with Gasteiger partial charge in [-0.05, 0) is 18.2 Å². The molecule has 88 valence electrons. The van der Waals surface area contributed by atoms with Crippen molar-refractivity contribution in [3.8, 4) is 0 Å². The summed E-state index contributed by atoms with van der Waals surface area (Å²) in [5, 5.41) is 20.7. The zero-order valence-corrected chi connectivity index (χ0v) is 9.01. The molecule has 0 aliphatic carbocycles. The van der Waals surface area contributed by atoms with E-state index in [1.807, 2.05) is 0 Å². The van der Waals surface area contributed by atoms with Crippen molar-refractivity contribution in [1.29, 1.82) is 0 Å². The van der Waals surface area contributed by atoms with Gasteiger partial charge in [0.15, 0.2) is 0 Å². The molecule has 0 amide bonds. The van der Waals surface area contributed by atoms with Gasteiger partial charge in [0.1, 0.15) is 0 Å². The molecular weight excluding hydrogens is 210 g/mol. The molecule has 1 rings (SSSR count). The molecule has 0 aromatic heterocycles. The Balaban J connectivity index is 2.64. The minimum absolute atomic E-state index is 0.223. The quantitative estimate of drug-likeness (QED) is 0.625. The van der Waals surface area contributed by atoms with Crippen LogP contribution >= 0.6 is 0 Å². The summed E-state index contributed by atoms with van der Waals surface area (Å²) in [4.78, 5) is 11.2. The SMILES string of the molecule is COC(=O)c1cccc(NCC(O)CO)c1. The minimum Gasteiger partial charge on any atom is -0.465 e. The Bertz CT molecular complexity index is 354. The predicted molar refractivity (Wildman–Crippen MR) is 59.4 cm³/mol. The molecule has 16 heavy (non-hydrogen) atoms. The van der Waals surface area contributed by atoms with Crippen LogP contribution < -0.4 is 5.32 Å². The molecule has 0 bridgehead atoms. The lowest BCUT2D eigenvalue weighted by Gasteiger charge is -2.10. The highest BCUT2D eigenvalue weighted by atomic mass is 16.5. The van der Waals surface area contributed by atoms with Gasteiger partial charge in [-0.2, -0.15) is 0 Å². The lowest BCUT2D eigenvalue weighted by atomic mass is 10.2. The highest BCUT2D eigenvalue weighted by Gasteiger charge is 2.06. The van der Waals surface area contributed by atoms with E-state index in [1.54, 1.807) is 24.3 Å². The maximum Gasteiger partial charge on any atom is 0.337 e. The summed E-state index contributed by atoms with van der Waals surface area (Å²) in [5.41, 5.74) is 1.13. The summed E-state index contributed by atoms with van der Waals surface area (Å²) >= 11 is 0. The lowest BCUT2D eigenvalue weighted by molar-refractivity contribution is 0.0601. The van der Waals surface area contributed by atoms with Crippen LogP contribution in [-0.4, -0.2) is 42.5 Å². The summed E-state index contributed by atoms with van der Waals surface area (Å²) in [6.07, 6.45) is -0.818. The summed E-state index contributed by atoms with van der Waals surface area (Å²) in [5.74, 6) is -0.411. The maximum atomic E-state index is 11.2. The Morgan fingerprint density at radius 2 is 2.31 bits per heavy atom. The lowest BCUT2D eigenvalue weighted by Crippen LogP contribution is -2.23. The number of esters is 1. The largest absolute Gasteiger partial charge is 0.465 e. The summed E-state index contributed by atoms with van der Waals surface area (Å²) in [6, 6.07) is 6.73. The molecule has 1 aromatic carbocycles. The summed E-state index contributed by atoms with van der Waals surface area (Å²) < 4.78 is 4.58. The van der Waals surface area contributed by atoms with Crippen LogP contribution in [0.15, 0.2) is 24.3 Å². The third-order valence-electron chi connectivity index (χ3n) is 2.04. The van der Waals surface area contributed by atoms with Gasteiger partial charge in [0, 0.05) is 12.2 Å². The Morgan fingerprint density at radius 3 is 2.94 bits per heavy atom. The number of anilines is 1. The van der Waals surface area contributed by atoms with E-state index < -0.39 is 12.1 Å². The van der Waals surface area contributed by atoms with Crippen LogP contribution in [0.3, 0.4) is 0 Å². The fraction of sp³-hybridized carbons (Fsp3) is 0.364. The number of nitrogens with one attached hydrogen (secondary N) is 1. The second kappa shape index (κ2) is 6.09. The zero-order valence-electron chi connectivity index (χ0n) is 9.01. The van der Waals surface area contributed by atoms with Gasteiger partial charge >= 0.3 is 5.97 Å². The second-order valence-electron chi connectivity index (χ2n) is 3.29. The van der Waals surface area contributed by atoms with E-state index in [1.165, 1.54) is 7.11 Å². The number of rotatable bonds is 5. The predicted octanol–water partition coefficient (Wildman–Crippen LogP) is 0.238. The standard InChI is InChI=1S/C11H15NO4/c1-16-11(15)8-3-2-4-9(5-8)12-6-10(14)7-13/h2-5,10,12-14H,6-7H2,1H3. The number of ether oxygens (including phenoxy) is 1. The normalized spacial score (nSPS) is 11.9. The highest BCUT2D eigenvalue weighted by molar-refractivity contribution is 5.90. The molecule has 1 aromatic rings. The number of benzene rings is 1. The second-order valence-corrected chi connectivity index (χ2v) is 3.29. The highest BCUT2D eigenvalue weighted by Crippen LogP contribution is 2.11. The number of aliphatic hydroxyl groups is 2. The van der Waals surface area contributed by atoms with E-state index in [4.69, 9.17) is 10.2 Å². The Morgan fingerprint density at radius 1 is 1.56 bits per heavy atom. The van der Waals surface area contributed by atoms with Crippen molar-refractivity contribution in [1.82, 2.24) is 0 Å². The minimum atomic E-state index is -0.818. The molecule has 5 heteroatoms. The van der Waals surface area contributed by atoms with Crippen LogP contribution in [0.5, 0.6) is 0 Å². The smallest absolute Gasteiger partial charge is 0.337 e. The number of carbonyl (C=O) groups is 1. The van der Waals surface area contributed by atoms with E-state index in [9.17, 15) is 4.79 Å². The molecule has 0 aliphatic rings. The fourth-order valence-corrected chi connectivity index (χ4v) is 1.17. The molecule has 0 fully saturated rings. The van der Waals surface area contributed by atoms with Crippen molar-refractivity contribution in [3.05, 3.63) is 29.8 Å². The number of carbonyl (C=O) groups excluding carboxylic acids is 1. The molecule has 3 N–H and O–H groups in total. The van der Waals surface area contributed by atoms with Crippen molar-refractivity contribution < 1.29 is 19.7 Å². The first-order valence-electron chi connectivity index (χ1n) is 4.88. The number of methoxy groups -OCH3 is 1. The number of hydrogen-bond acceptors (Lipinski definition) is 5. The molecule has 0 aliphatic heterocycles.